The summed E-state index contributed by atoms with van der Waals surface area (Å²) in [6, 6.07) is -0.706. The molecule has 0 aliphatic carbocycles. The summed E-state index contributed by atoms with van der Waals surface area (Å²) in [6.07, 6.45) is -4.15. The largest absolute Gasteiger partial charge is 0.469 e. The fraction of sp³-hybridized carbons (Fsp3) is 0.800. The van der Waals surface area contributed by atoms with E-state index in [1.54, 1.807) is 0 Å². The molecule has 3 aliphatic rings. The zero-order valence-corrected chi connectivity index (χ0v) is 12.6. The summed E-state index contributed by atoms with van der Waals surface area (Å²) >= 11 is 0. The highest BCUT2D eigenvalue weighted by atomic mass is 31.2. The minimum absolute atomic E-state index is 0.218. The van der Waals surface area contributed by atoms with Crippen molar-refractivity contribution in [1.29, 1.82) is 0 Å². The van der Waals surface area contributed by atoms with Gasteiger partial charge in [-0.1, -0.05) is 0 Å². The molecule has 0 saturated carbocycles. The second-order valence-corrected chi connectivity index (χ2v) is 6.60. The lowest BCUT2D eigenvalue weighted by Gasteiger charge is -2.36. The van der Waals surface area contributed by atoms with Crippen LogP contribution in [0.5, 0.6) is 0 Å². The number of carbonyl (C=O) groups excluding carboxylic acids is 1. The predicted molar refractivity (Wildman–Crippen MR) is 72.7 cm³/mol. The number of aliphatic hydroxyl groups excluding tert-OH is 2. The van der Waals surface area contributed by atoms with E-state index >= 15 is 0 Å². The molecule has 12 nitrogen and oxygen atoms in total. The van der Waals surface area contributed by atoms with Gasteiger partial charge in [0.2, 0.25) is 5.91 Å². The van der Waals surface area contributed by atoms with Crippen LogP contribution in [0, 0.1) is 0 Å². The number of hydrogen-bond acceptors (Lipinski definition) is 9. The molecular formula is C10H17N4O8P. The Balaban J connectivity index is 1.68. The Hall–Kier alpha value is -1.11. The van der Waals surface area contributed by atoms with Crippen molar-refractivity contribution in [1.82, 2.24) is 15.5 Å². The van der Waals surface area contributed by atoms with Crippen LogP contribution in [-0.2, 0) is 18.6 Å². The van der Waals surface area contributed by atoms with Crippen LogP contribution >= 0.6 is 7.82 Å². The summed E-state index contributed by atoms with van der Waals surface area (Å²) in [7, 11) is -4.72. The molecule has 2 saturated heterocycles. The van der Waals surface area contributed by atoms with E-state index < -0.39 is 51.2 Å². The first-order chi connectivity index (χ1) is 10.8. The number of nitrogens with zero attached hydrogens (tertiary/aromatic N) is 2. The van der Waals surface area contributed by atoms with Gasteiger partial charge in [0.1, 0.15) is 24.5 Å². The van der Waals surface area contributed by atoms with Gasteiger partial charge in [0.25, 0.3) is 0 Å². The number of phosphoric acid groups is 1. The van der Waals surface area contributed by atoms with Crippen molar-refractivity contribution in [3.8, 4) is 0 Å². The lowest BCUT2D eigenvalue weighted by Crippen LogP contribution is -2.63. The third kappa shape index (κ3) is 3.25. The van der Waals surface area contributed by atoms with Gasteiger partial charge in [-0.05, 0) is 0 Å². The Morgan fingerprint density at radius 1 is 1.43 bits per heavy atom. The maximum absolute atomic E-state index is 11.7. The summed E-state index contributed by atoms with van der Waals surface area (Å²) in [5.41, 5.74) is 0. The predicted octanol–water partition coefficient (Wildman–Crippen LogP) is -3.74. The molecule has 0 bridgehead atoms. The van der Waals surface area contributed by atoms with E-state index in [4.69, 9.17) is 14.5 Å². The van der Waals surface area contributed by atoms with E-state index in [9.17, 15) is 19.6 Å². The maximum Gasteiger partial charge on any atom is 0.469 e. The van der Waals surface area contributed by atoms with Crippen LogP contribution in [0.1, 0.15) is 0 Å². The Morgan fingerprint density at radius 3 is 2.87 bits per heavy atom. The molecule has 0 spiro atoms. The highest BCUT2D eigenvalue weighted by Crippen LogP contribution is 2.37. The zero-order valence-electron chi connectivity index (χ0n) is 11.7. The normalized spacial score (nSPS) is 40.3. The third-order valence-electron chi connectivity index (χ3n) is 3.86. The minimum Gasteiger partial charge on any atom is -0.387 e. The van der Waals surface area contributed by atoms with Gasteiger partial charge < -0.3 is 35.0 Å². The highest BCUT2D eigenvalue weighted by Gasteiger charge is 2.51. The lowest BCUT2D eigenvalue weighted by molar-refractivity contribution is -0.128. The van der Waals surface area contributed by atoms with Gasteiger partial charge in [-0.3, -0.25) is 19.6 Å². The van der Waals surface area contributed by atoms with E-state index in [1.165, 1.54) is 11.2 Å². The van der Waals surface area contributed by atoms with Crippen molar-refractivity contribution in [3.05, 3.63) is 0 Å². The molecule has 3 rings (SSSR count). The molecular weight excluding hydrogens is 335 g/mol. The number of phosphoric ester groups is 1. The van der Waals surface area contributed by atoms with E-state index in [2.05, 4.69) is 20.1 Å². The second kappa shape index (κ2) is 6.07. The zero-order chi connectivity index (χ0) is 16.8. The summed E-state index contributed by atoms with van der Waals surface area (Å²) in [6.45, 7) is -0.373. The molecule has 6 N–H and O–H groups in total. The molecule has 13 heteroatoms. The highest BCUT2D eigenvalue weighted by molar-refractivity contribution is 7.46. The van der Waals surface area contributed by atoms with Crippen LogP contribution in [0.15, 0.2) is 4.99 Å². The van der Waals surface area contributed by atoms with Crippen LogP contribution in [0.25, 0.3) is 0 Å². The van der Waals surface area contributed by atoms with Crippen molar-refractivity contribution in [2.45, 2.75) is 36.7 Å². The number of nitrogens with one attached hydrogen (secondary N) is 2. The average molecular weight is 352 g/mol. The lowest BCUT2D eigenvalue weighted by atomic mass is 10.1. The van der Waals surface area contributed by atoms with Crippen LogP contribution in [0.4, 0.5) is 0 Å². The number of aliphatic imine (C=N–C) groups is 1. The maximum atomic E-state index is 11.7. The van der Waals surface area contributed by atoms with Crippen LogP contribution < -0.4 is 10.6 Å². The van der Waals surface area contributed by atoms with Crippen molar-refractivity contribution in [2.75, 3.05) is 13.3 Å². The quantitative estimate of drug-likeness (QED) is 0.276. The minimum atomic E-state index is -4.72. The average Bonchev–Trinajstić information content (AvgIpc) is 3.01. The summed E-state index contributed by atoms with van der Waals surface area (Å²) in [5, 5.41) is 25.6. The van der Waals surface area contributed by atoms with Gasteiger partial charge in [0.15, 0.2) is 12.3 Å². The first-order valence-corrected chi connectivity index (χ1v) is 8.34. The van der Waals surface area contributed by atoms with Crippen molar-refractivity contribution < 1.29 is 38.6 Å². The summed E-state index contributed by atoms with van der Waals surface area (Å²) in [4.78, 5) is 34.6. The number of carbonyl (C=O) groups is 1. The Morgan fingerprint density at radius 2 is 2.17 bits per heavy atom. The van der Waals surface area contributed by atoms with Gasteiger partial charge in [-0.2, -0.15) is 0 Å². The summed E-state index contributed by atoms with van der Waals surface area (Å²) < 4.78 is 20.5. The Bertz CT molecular complexity index is 555. The summed E-state index contributed by atoms with van der Waals surface area (Å²) in [5.74, 6) is -0.276. The Labute approximate surface area is 130 Å². The number of hydrogen-bond donors (Lipinski definition) is 6. The molecule has 23 heavy (non-hydrogen) atoms. The molecule has 3 aliphatic heterocycles. The molecule has 2 unspecified atom stereocenters. The first-order valence-electron chi connectivity index (χ1n) is 6.81. The van der Waals surface area contributed by atoms with E-state index in [-0.39, 0.29) is 12.6 Å². The van der Waals surface area contributed by atoms with Gasteiger partial charge in [0.05, 0.1) is 19.6 Å². The molecule has 1 amide bonds. The first kappa shape index (κ1) is 16.7. The number of fused-ring (bicyclic) bond motifs is 1. The number of amides is 1. The van der Waals surface area contributed by atoms with Gasteiger partial charge in [-0.25, -0.2) is 4.57 Å². The fourth-order valence-electron chi connectivity index (χ4n) is 2.75. The molecule has 0 aromatic carbocycles. The van der Waals surface area contributed by atoms with Gasteiger partial charge in [0, 0.05) is 0 Å². The topological polar surface area (TPSA) is 173 Å². The fourth-order valence-corrected chi connectivity index (χ4v) is 3.09. The van der Waals surface area contributed by atoms with E-state index in [0.29, 0.717) is 0 Å². The van der Waals surface area contributed by atoms with Crippen LogP contribution in [-0.4, -0.2) is 87.2 Å². The van der Waals surface area contributed by atoms with Crippen LogP contribution in [0.2, 0.25) is 0 Å². The van der Waals surface area contributed by atoms with E-state index in [0.717, 1.165) is 0 Å². The monoisotopic (exact) mass is 352 g/mol. The standard InChI is InChI=1S/C10H17N4O8P/c15-6-4(1-21-23(18,19)20)22-10(7(6)16)14-3-13-5-8(14)11-2-12-9(5)17/h3-8,10-11,15-16H,1-2H2,(H,12,17)(H2,18,19,20)/t4-,5?,6-,7-,8?,10-/m1/s1. The van der Waals surface area contributed by atoms with Crippen molar-refractivity contribution in [2.24, 2.45) is 4.99 Å². The molecule has 0 aromatic heterocycles. The molecule has 0 aromatic rings. The van der Waals surface area contributed by atoms with Crippen molar-refractivity contribution in [3.63, 3.8) is 0 Å². The number of aliphatic hydroxyl groups is 2. The van der Waals surface area contributed by atoms with Gasteiger partial charge >= 0.3 is 7.82 Å². The smallest absolute Gasteiger partial charge is 0.387 e. The Kier molecular flexibility index (Phi) is 4.42. The number of rotatable bonds is 4. The molecule has 2 fully saturated rings. The molecule has 130 valence electrons. The second-order valence-electron chi connectivity index (χ2n) is 5.36. The van der Waals surface area contributed by atoms with Crippen LogP contribution in [0.3, 0.4) is 0 Å². The molecule has 6 atom stereocenters. The molecule has 0 radical (unpaired) electrons. The third-order valence-corrected chi connectivity index (χ3v) is 4.35. The van der Waals surface area contributed by atoms with E-state index in [1.807, 2.05) is 0 Å². The SMILES string of the molecule is O=C1NCNC2C1N=CN2[C@@H]1O[C@H](COP(=O)(O)O)[C@@H](O)[C@H]1O. The van der Waals surface area contributed by atoms with Crippen molar-refractivity contribution >= 4 is 20.1 Å². The van der Waals surface area contributed by atoms with Gasteiger partial charge in [-0.15, -0.1) is 0 Å². The molecule has 3 heterocycles. The number of ether oxygens (including phenoxy) is 1.